The molecule has 0 bridgehead atoms. The van der Waals surface area contributed by atoms with Crippen molar-refractivity contribution in [1.82, 2.24) is 4.57 Å². The maximum Gasteiger partial charge on any atom is 0.273 e. The van der Waals surface area contributed by atoms with Crippen molar-refractivity contribution < 1.29 is 4.42 Å². The Morgan fingerprint density at radius 1 is 1.20 bits per heavy atom. The summed E-state index contributed by atoms with van der Waals surface area (Å²) in [5.74, 6) is 0.876. The third kappa shape index (κ3) is 1.75. The maximum absolute atomic E-state index is 5.42. The Labute approximate surface area is 94.2 Å². The number of benzene rings is 1. The van der Waals surface area contributed by atoms with Crippen LogP contribution in [0.15, 0.2) is 28.7 Å². The highest BCUT2D eigenvalue weighted by atomic mass is 32.1. The molecule has 0 atom stereocenters. The van der Waals surface area contributed by atoms with Crippen molar-refractivity contribution in [2.75, 3.05) is 0 Å². The van der Waals surface area contributed by atoms with E-state index in [0.717, 1.165) is 17.1 Å². The van der Waals surface area contributed by atoms with Crippen molar-refractivity contribution in [3.63, 3.8) is 0 Å². The second-order valence-corrected chi connectivity index (χ2v) is 4.03. The van der Waals surface area contributed by atoms with Crippen molar-refractivity contribution in [1.29, 1.82) is 0 Å². The van der Waals surface area contributed by atoms with Crippen LogP contribution in [0.25, 0.3) is 5.69 Å². The predicted molar refractivity (Wildman–Crippen MR) is 63.1 cm³/mol. The summed E-state index contributed by atoms with van der Waals surface area (Å²) >= 11 is 5.18. The molecule has 2 rings (SSSR count). The van der Waals surface area contributed by atoms with E-state index in [1.165, 1.54) is 5.56 Å². The lowest BCUT2D eigenvalue weighted by Crippen LogP contribution is -1.96. The third-order valence-corrected chi connectivity index (χ3v) is 2.79. The molecule has 2 nitrogen and oxygen atoms in total. The lowest BCUT2D eigenvalue weighted by molar-refractivity contribution is 0.503. The van der Waals surface area contributed by atoms with Gasteiger partial charge in [0.05, 0.1) is 5.69 Å². The van der Waals surface area contributed by atoms with Gasteiger partial charge in [-0.25, -0.2) is 0 Å². The highest BCUT2D eigenvalue weighted by Gasteiger charge is 2.08. The summed E-state index contributed by atoms with van der Waals surface area (Å²) in [4.78, 5) is 0.510. The van der Waals surface area contributed by atoms with Crippen LogP contribution in [0.4, 0.5) is 0 Å². The molecule has 0 amide bonds. The van der Waals surface area contributed by atoms with Gasteiger partial charge in [-0.3, -0.25) is 4.57 Å². The average Bonchev–Trinajstić information content (AvgIpc) is 2.41. The highest BCUT2D eigenvalue weighted by Crippen LogP contribution is 2.18. The van der Waals surface area contributed by atoms with E-state index in [1.54, 1.807) is 0 Å². The number of aryl methyl sites for hydroxylation is 2. The summed E-state index contributed by atoms with van der Waals surface area (Å²) < 4.78 is 7.37. The van der Waals surface area contributed by atoms with E-state index in [9.17, 15) is 0 Å². The molecule has 0 fully saturated rings. The van der Waals surface area contributed by atoms with Gasteiger partial charge in [0.1, 0.15) is 5.76 Å². The molecule has 0 spiro atoms. The van der Waals surface area contributed by atoms with Gasteiger partial charge in [-0.05, 0) is 50.7 Å². The van der Waals surface area contributed by atoms with Crippen molar-refractivity contribution in [3.8, 4) is 5.69 Å². The first-order chi connectivity index (χ1) is 7.09. The van der Waals surface area contributed by atoms with E-state index in [2.05, 4.69) is 19.1 Å². The van der Waals surface area contributed by atoms with Crippen LogP contribution in [0.2, 0.25) is 0 Å². The molecular formula is C12H13NOS. The predicted octanol–water partition coefficient (Wildman–Crippen LogP) is 3.73. The van der Waals surface area contributed by atoms with Gasteiger partial charge < -0.3 is 4.42 Å². The molecule has 0 radical (unpaired) electrons. The van der Waals surface area contributed by atoms with Gasteiger partial charge in [-0.1, -0.05) is 12.1 Å². The number of aromatic nitrogens is 1. The van der Waals surface area contributed by atoms with E-state index in [0.29, 0.717) is 4.84 Å². The number of hydrogen-bond acceptors (Lipinski definition) is 2. The van der Waals surface area contributed by atoms with Crippen LogP contribution >= 0.6 is 12.2 Å². The van der Waals surface area contributed by atoms with E-state index < -0.39 is 0 Å². The summed E-state index contributed by atoms with van der Waals surface area (Å²) in [6.07, 6.45) is 0. The van der Waals surface area contributed by atoms with Gasteiger partial charge in [0.25, 0.3) is 4.84 Å². The Morgan fingerprint density at radius 3 is 2.47 bits per heavy atom. The van der Waals surface area contributed by atoms with Crippen LogP contribution in [0, 0.1) is 25.6 Å². The van der Waals surface area contributed by atoms with Crippen molar-refractivity contribution >= 4 is 12.2 Å². The smallest absolute Gasteiger partial charge is 0.273 e. The Hall–Kier alpha value is -1.35. The summed E-state index contributed by atoms with van der Waals surface area (Å²) in [5.41, 5.74) is 3.34. The quantitative estimate of drug-likeness (QED) is 0.680. The molecule has 0 N–H and O–H groups in total. The SMILES string of the molecule is Cc1cccc(-n2c(C)c(C)oc2=S)c1. The molecule has 0 unspecified atom stereocenters. The van der Waals surface area contributed by atoms with Gasteiger partial charge >= 0.3 is 0 Å². The molecule has 0 aliphatic heterocycles. The molecule has 0 aliphatic rings. The fraction of sp³-hybridized carbons (Fsp3) is 0.250. The van der Waals surface area contributed by atoms with Crippen LogP contribution in [-0.4, -0.2) is 4.57 Å². The number of rotatable bonds is 1. The molecule has 15 heavy (non-hydrogen) atoms. The molecule has 1 heterocycles. The number of oxazole rings is 1. The van der Waals surface area contributed by atoms with Gasteiger partial charge in [0, 0.05) is 5.69 Å². The Morgan fingerprint density at radius 2 is 1.93 bits per heavy atom. The van der Waals surface area contributed by atoms with Crippen LogP contribution in [0.1, 0.15) is 17.0 Å². The molecule has 0 saturated heterocycles. The molecule has 0 saturated carbocycles. The molecule has 2 aromatic rings. The molecule has 1 aromatic heterocycles. The molecule has 0 aliphatic carbocycles. The minimum atomic E-state index is 0.510. The zero-order chi connectivity index (χ0) is 11.0. The zero-order valence-corrected chi connectivity index (χ0v) is 9.89. The molecule has 1 aromatic carbocycles. The number of hydrogen-bond donors (Lipinski definition) is 0. The minimum absolute atomic E-state index is 0.510. The first-order valence-electron chi connectivity index (χ1n) is 4.85. The molecule has 3 heteroatoms. The Balaban J connectivity index is 2.69. The van der Waals surface area contributed by atoms with Crippen LogP contribution in [0.5, 0.6) is 0 Å². The third-order valence-electron chi connectivity index (χ3n) is 2.53. The first kappa shape index (κ1) is 10.2. The van der Waals surface area contributed by atoms with Crippen LogP contribution in [-0.2, 0) is 0 Å². The van der Waals surface area contributed by atoms with Crippen molar-refractivity contribution in [3.05, 3.63) is 46.1 Å². The van der Waals surface area contributed by atoms with Gasteiger partial charge in [0.2, 0.25) is 0 Å². The fourth-order valence-corrected chi connectivity index (χ4v) is 1.98. The van der Waals surface area contributed by atoms with Gasteiger partial charge in [-0.2, -0.15) is 0 Å². The van der Waals surface area contributed by atoms with Crippen LogP contribution in [0.3, 0.4) is 0 Å². The fourth-order valence-electron chi connectivity index (χ4n) is 1.61. The minimum Gasteiger partial charge on any atom is -0.434 e. The lowest BCUT2D eigenvalue weighted by Gasteiger charge is -2.04. The maximum atomic E-state index is 5.42. The molecular weight excluding hydrogens is 206 g/mol. The van der Waals surface area contributed by atoms with E-state index in [-0.39, 0.29) is 0 Å². The standard InChI is InChI=1S/C12H13NOS/c1-8-5-4-6-11(7-8)13-9(2)10(3)14-12(13)15/h4-7H,1-3H3. The van der Waals surface area contributed by atoms with Gasteiger partial charge in [0.15, 0.2) is 0 Å². The topological polar surface area (TPSA) is 18.1 Å². The average molecular weight is 219 g/mol. The second-order valence-electron chi connectivity index (χ2n) is 3.68. The van der Waals surface area contributed by atoms with Crippen molar-refractivity contribution in [2.45, 2.75) is 20.8 Å². The monoisotopic (exact) mass is 219 g/mol. The summed E-state index contributed by atoms with van der Waals surface area (Å²) in [5, 5.41) is 0. The second kappa shape index (κ2) is 3.66. The van der Waals surface area contributed by atoms with E-state index in [4.69, 9.17) is 16.6 Å². The van der Waals surface area contributed by atoms with Crippen LogP contribution < -0.4 is 0 Å². The normalized spacial score (nSPS) is 10.6. The number of nitrogens with zero attached hydrogens (tertiary/aromatic N) is 1. The summed E-state index contributed by atoms with van der Waals surface area (Å²) in [6.45, 7) is 6.00. The zero-order valence-electron chi connectivity index (χ0n) is 9.07. The largest absolute Gasteiger partial charge is 0.434 e. The van der Waals surface area contributed by atoms with Crippen molar-refractivity contribution in [2.24, 2.45) is 0 Å². The Kier molecular flexibility index (Phi) is 2.49. The first-order valence-corrected chi connectivity index (χ1v) is 5.26. The lowest BCUT2D eigenvalue weighted by atomic mass is 10.2. The molecule has 78 valence electrons. The summed E-state index contributed by atoms with van der Waals surface area (Å²) in [6, 6.07) is 8.21. The van der Waals surface area contributed by atoms with E-state index >= 15 is 0 Å². The van der Waals surface area contributed by atoms with E-state index in [1.807, 2.05) is 30.5 Å². The highest BCUT2D eigenvalue weighted by molar-refractivity contribution is 7.71. The van der Waals surface area contributed by atoms with Gasteiger partial charge in [-0.15, -0.1) is 0 Å². The summed E-state index contributed by atoms with van der Waals surface area (Å²) in [7, 11) is 0. The Bertz CT molecular complexity index is 551.